The number of carbonyl (C=O) groups is 1. The third kappa shape index (κ3) is 5.60. The number of likely N-dealkylation sites (tertiary alicyclic amines) is 1. The number of halogens is 1. The summed E-state index contributed by atoms with van der Waals surface area (Å²) in [6.07, 6.45) is 5.64. The van der Waals surface area contributed by atoms with Crippen molar-refractivity contribution in [2.24, 2.45) is 0 Å². The van der Waals surface area contributed by atoms with Gasteiger partial charge >= 0.3 is 0 Å². The Bertz CT molecular complexity index is 1110. The average Bonchev–Trinajstić information content (AvgIpc) is 2.88. The van der Waals surface area contributed by atoms with Crippen LogP contribution in [0.3, 0.4) is 0 Å². The zero-order valence-electron chi connectivity index (χ0n) is 20.0. The standard InChI is InChI=1S/C29H32FN3O/c1-3-33(4-2)29(34)25-11-9-23(10-12-25)28(26-6-5-17-31-20-26)24-15-18-32(19-16-24)21-22-7-13-27(30)14-8-22/h5-14,17,20H,3-4,15-16,18-19,21H2,1-2H3/i30-1. The summed E-state index contributed by atoms with van der Waals surface area (Å²) < 4.78 is 13.2. The minimum Gasteiger partial charge on any atom is -0.339 e. The Kier molecular flexibility index (Phi) is 7.86. The van der Waals surface area contributed by atoms with E-state index in [1.807, 2.05) is 55.3 Å². The van der Waals surface area contributed by atoms with Gasteiger partial charge in [-0.15, -0.1) is 0 Å². The van der Waals surface area contributed by atoms with Gasteiger partial charge in [-0.25, -0.2) is 4.39 Å². The summed E-state index contributed by atoms with van der Waals surface area (Å²) in [7, 11) is 0. The van der Waals surface area contributed by atoms with Gasteiger partial charge in [0.1, 0.15) is 5.82 Å². The zero-order valence-corrected chi connectivity index (χ0v) is 20.0. The van der Waals surface area contributed by atoms with E-state index in [4.69, 9.17) is 0 Å². The van der Waals surface area contributed by atoms with Gasteiger partial charge in [0, 0.05) is 56.2 Å². The van der Waals surface area contributed by atoms with E-state index in [9.17, 15) is 9.18 Å². The summed E-state index contributed by atoms with van der Waals surface area (Å²) in [5.74, 6) is -0.125. The molecule has 0 aliphatic carbocycles. The zero-order chi connectivity index (χ0) is 23.9. The molecule has 4 nitrogen and oxygen atoms in total. The van der Waals surface area contributed by atoms with Crippen LogP contribution < -0.4 is 0 Å². The molecule has 0 saturated carbocycles. The third-order valence-corrected chi connectivity index (χ3v) is 6.55. The van der Waals surface area contributed by atoms with E-state index in [1.54, 1.807) is 6.20 Å². The molecule has 2 aromatic carbocycles. The lowest BCUT2D eigenvalue weighted by Gasteiger charge is -2.30. The summed E-state index contributed by atoms with van der Waals surface area (Å²) >= 11 is 0. The van der Waals surface area contributed by atoms with Crippen molar-refractivity contribution in [3.63, 3.8) is 0 Å². The minimum atomic E-state index is -0.196. The highest BCUT2D eigenvalue weighted by atomic mass is 18.2. The Hall–Kier alpha value is -3.31. The van der Waals surface area contributed by atoms with Crippen LogP contribution in [0.1, 0.15) is 53.7 Å². The SMILES string of the molecule is CCN(CC)C(=O)c1ccc(C(=C2CCN(Cc3ccc([18F])cc3)CC2)c2cccnc2)cc1. The van der Waals surface area contributed by atoms with Gasteiger partial charge in [-0.05, 0) is 73.7 Å². The van der Waals surface area contributed by atoms with E-state index in [-0.39, 0.29) is 11.7 Å². The second-order valence-electron chi connectivity index (χ2n) is 8.68. The second-order valence-corrected chi connectivity index (χ2v) is 8.68. The van der Waals surface area contributed by atoms with E-state index in [2.05, 4.69) is 28.1 Å². The molecule has 0 spiro atoms. The number of amides is 1. The summed E-state index contributed by atoms with van der Waals surface area (Å²) in [5, 5.41) is 0. The van der Waals surface area contributed by atoms with Gasteiger partial charge in [0.2, 0.25) is 0 Å². The topological polar surface area (TPSA) is 36.4 Å². The van der Waals surface area contributed by atoms with Crippen molar-refractivity contribution in [1.29, 1.82) is 0 Å². The molecule has 0 unspecified atom stereocenters. The number of pyridine rings is 1. The first-order valence-corrected chi connectivity index (χ1v) is 12.1. The molecular formula is C29H32FN3O. The molecule has 0 N–H and O–H groups in total. The molecule has 1 aromatic heterocycles. The maximum Gasteiger partial charge on any atom is 0.253 e. The highest BCUT2D eigenvalue weighted by molar-refractivity contribution is 5.95. The highest BCUT2D eigenvalue weighted by Gasteiger charge is 2.20. The monoisotopic (exact) mass is 456 g/mol. The molecule has 1 amide bonds. The second kappa shape index (κ2) is 11.2. The lowest BCUT2D eigenvalue weighted by atomic mass is 9.88. The van der Waals surface area contributed by atoms with E-state index in [1.165, 1.54) is 23.3 Å². The van der Waals surface area contributed by atoms with Crippen LogP contribution in [0.2, 0.25) is 0 Å². The summed E-state index contributed by atoms with van der Waals surface area (Å²) in [4.78, 5) is 21.4. The van der Waals surface area contributed by atoms with Crippen LogP contribution in [0, 0.1) is 5.82 Å². The first-order chi connectivity index (χ1) is 16.6. The maximum absolute atomic E-state index is 13.2. The van der Waals surface area contributed by atoms with Crippen LogP contribution in [0.15, 0.2) is 78.6 Å². The number of nitrogens with zero attached hydrogens (tertiary/aromatic N) is 3. The Balaban J connectivity index is 1.56. The van der Waals surface area contributed by atoms with Gasteiger partial charge in [0.25, 0.3) is 5.91 Å². The molecule has 4 rings (SSSR count). The predicted molar refractivity (Wildman–Crippen MR) is 135 cm³/mol. The number of rotatable bonds is 7. The van der Waals surface area contributed by atoms with Crippen LogP contribution in [-0.2, 0) is 6.54 Å². The molecule has 1 fully saturated rings. The lowest BCUT2D eigenvalue weighted by Crippen LogP contribution is -2.30. The first kappa shape index (κ1) is 23.8. The number of piperidine rings is 1. The van der Waals surface area contributed by atoms with E-state index in [0.717, 1.165) is 54.7 Å². The fourth-order valence-corrected chi connectivity index (χ4v) is 4.64. The Morgan fingerprint density at radius 1 is 0.912 bits per heavy atom. The fraction of sp³-hybridized carbons (Fsp3) is 0.310. The molecule has 176 valence electrons. The quantitative estimate of drug-likeness (QED) is 0.451. The lowest BCUT2D eigenvalue weighted by molar-refractivity contribution is 0.0773. The van der Waals surface area contributed by atoms with Gasteiger partial charge in [0.05, 0.1) is 0 Å². The van der Waals surface area contributed by atoms with Crippen LogP contribution >= 0.6 is 0 Å². The van der Waals surface area contributed by atoms with Gasteiger partial charge in [0.15, 0.2) is 0 Å². The van der Waals surface area contributed by atoms with Crippen LogP contribution in [0.5, 0.6) is 0 Å². The fourth-order valence-electron chi connectivity index (χ4n) is 4.64. The number of carbonyl (C=O) groups excluding carboxylic acids is 1. The number of aromatic nitrogens is 1. The van der Waals surface area contributed by atoms with Gasteiger partial charge in [-0.3, -0.25) is 14.7 Å². The van der Waals surface area contributed by atoms with Crippen LogP contribution in [-0.4, -0.2) is 46.9 Å². The largest absolute Gasteiger partial charge is 0.339 e. The Morgan fingerprint density at radius 2 is 1.56 bits per heavy atom. The first-order valence-electron chi connectivity index (χ1n) is 12.1. The summed E-state index contributed by atoms with van der Waals surface area (Å²) in [6.45, 7) is 8.15. The van der Waals surface area contributed by atoms with Gasteiger partial charge in [-0.2, -0.15) is 0 Å². The van der Waals surface area contributed by atoms with Crippen molar-refractivity contribution in [2.45, 2.75) is 33.2 Å². The molecule has 0 radical (unpaired) electrons. The van der Waals surface area contributed by atoms with Crippen molar-refractivity contribution in [1.82, 2.24) is 14.8 Å². The number of hydrogen-bond donors (Lipinski definition) is 0. The van der Waals surface area contributed by atoms with Crippen molar-refractivity contribution < 1.29 is 9.18 Å². The molecule has 1 aliphatic rings. The minimum absolute atomic E-state index is 0.0706. The van der Waals surface area contributed by atoms with Crippen molar-refractivity contribution in [3.05, 3.63) is 107 Å². The maximum atomic E-state index is 13.2. The summed E-state index contributed by atoms with van der Waals surface area (Å²) in [5.41, 5.74) is 6.70. The molecular weight excluding hydrogens is 424 g/mol. The van der Waals surface area contributed by atoms with Gasteiger partial charge in [-0.1, -0.05) is 35.9 Å². The molecule has 34 heavy (non-hydrogen) atoms. The highest BCUT2D eigenvalue weighted by Crippen LogP contribution is 2.32. The van der Waals surface area contributed by atoms with Crippen LogP contribution in [0.25, 0.3) is 5.57 Å². The number of benzene rings is 2. The van der Waals surface area contributed by atoms with Crippen molar-refractivity contribution in [3.8, 4) is 0 Å². The normalized spacial score (nSPS) is 14.1. The van der Waals surface area contributed by atoms with Crippen molar-refractivity contribution in [2.75, 3.05) is 26.2 Å². The molecule has 1 saturated heterocycles. The van der Waals surface area contributed by atoms with Crippen LogP contribution in [0.4, 0.5) is 4.39 Å². The molecule has 0 bridgehead atoms. The Labute approximate surface area is 201 Å². The molecule has 5 heteroatoms. The summed E-state index contributed by atoms with van der Waals surface area (Å²) in [6, 6.07) is 18.9. The smallest absolute Gasteiger partial charge is 0.253 e. The average molecular weight is 457 g/mol. The molecule has 0 atom stereocenters. The van der Waals surface area contributed by atoms with E-state index in [0.29, 0.717) is 13.1 Å². The van der Waals surface area contributed by atoms with E-state index >= 15 is 0 Å². The predicted octanol–water partition coefficient (Wildman–Crippen LogP) is 5.80. The molecule has 3 aromatic rings. The van der Waals surface area contributed by atoms with Gasteiger partial charge < -0.3 is 4.90 Å². The number of hydrogen-bond acceptors (Lipinski definition) is 3. The molecule has 1 aliphatic heterocycles. The van der Waals surface area contributed by atoms with E-state index < -0.39 is 0 Å². The third-order valence-electron chi connectivity index (χ3n) is 6.55. The molecule has 2 heterocycles. The Morgan fingerprint density at radius 3 is 2.15 bits per heavy atom. The van der Waals surface area contributed by atoms with Crippen molar-refractivity contribution >= 4 is 11.5 Å².